The van der Waals surface area contributed by atoms with Crippen LogP contribution in [-0.2, 0) is 10.8 Å². The number of hydrogen-bond acceptors (Lipinski definition) is 6. The van der Waals surface area contributed by atoms with Crippen LogP contribution in [0.1, 0.15) is 52.7 Å². The zero-order valence-electron chi connectivity index (χ0n) is 15.0. The number of hydrogen-bond donors (Lipinski definition) is 4. The highest BCUT2D eigenvalue weighted by atomic mass is 32.2. The Labute approximate surface area is 160 Å². The maximum absolute atomic E-state index is 10.8. The van der Waals surface area contributed by atoms with Crippen molar-refractivity contribution in [2.24, 2.45) is 0 Å². The first-order valence-electron chi connectivity index (χ1n) is 7.81. The first-order valence-corrected chi connectivity index (χ1v) is 9.43. The van der Waals surface area contributed by atoms with Crippen molar-refractivity contribution in [1.29, 1.82) is 0 Å². The van der Waals surface area contributed by atoms with Gasteiger partial charge in [-0.1, -0.05) is 54.4 Å². The van der Waals surface area contributed by atoms with Gasteiger partial charge in [-0.2, -0.15) is 0 Å². The Kier molecular flexibility index (Phi) is 5.52. The van der Waals surface area contributed by atoms with Crippen LogP contribution in [0.3, 0.4) is 0 Å². The Morgan fingerprint density at radius 3 is 1.96 bits per heavy atom. The van der Waals surface area contributed by atoms with E-state index in [0.29, 0.717) is 5.75 Å². The summed E-state index contributed by atoms with van der Waals surface area (Å²) < 4.78 is 1.71. The van der Waals surface area contributed by atoms with E-state index >= 15 is 0 Å². The minimum Gasteiger partial charge on any atom is -0.507 e. The summed E-state index contributed by atoms with van der Waals surface area (Å²) in [4.78, 5) is 0.831. The Bertz CT molecular complexity index is 662. The second-order valence-electron chi connectivity index (χ2n) is 8.00. The summed E-state index contributed by atoms with van der Waals surface area (Å²) in [7, 11) is 0. The number of nitrogens with one attached hydrogen (secondary N) is 1. The van der Waals surface area contributed by atoms with Crippen molar-refractivity contribution in [3.05, 3.63) is 45.5 Å². The molecule has 0 atom stereocenters. The average Bonchev–Trinajstić information content (AvgIpc) is 2.36. The highest BCUT2D eigenvalue weighted by molar-refractivity contribution is 8.08. The Hall–Kier alpha value is -0.850. The van der Waals surface area contributed by atoms with Crippen LogP contribution in [0.5, 0.6) is 5.75 Å². The van der Waals surface area contributed by atoms with E-state index in [4.69, 9.17) is 0 Å². The summed E-state index contributed by atoms with van der Waals surface area (Å²) in [6, 6.07) is 4.04. The molecule has 0 saturated carbocycles. The molecule has 0 saturated heterocycles. The molecule has 132 valence electrons. The number of phenols is 1. The molecule has 1 aromatic carbocycles. The maximum atomic E-state index is 10.8. The van der Waals surface area contributed by atoms with Gasteiger partial charge in [-0.15, -0.1) is 12.6 Å². The molecule has 1 heterocycles. The summed E-state index contributed by atoms with van der Waals surface area (Å²) in [6.07, 6.45) is 3.79. The molecule has 24 heavy (non-hydrogen) atoms. The molecule has 2 rings (SSSR count). The van der Waals surface area contributed by atoms with Crippen molar-refractivity contribution in [2.75, 3.05) is 5.32 Å². The van der Waals surface area contributed by atoms with E-state index in [2.05, 4.69) is 72.3 Å². The molecule has 0 unspecified atom stereocenters. The van der Waals surface area contributed by atoms with Gasteiger partial charge >= 0.3 is 0 Å². The van der Waals surface area contributed by atoms with E-state index in [0.717, 1.165) is 26.7 Å². The molecule has 0 aromatic heterocycles. The summed E-state index contributed by atoms with van der Waals surface area (Å²) in [5.74, 6) is 0.386. The van der Waals surface area contributed by atoms with Gasteiger partial charge in [0.1, 0.15) is 5.75 Å². The molecule has 1 aliphatic rings. The van der Waals surface area contributed by atoms with Crippen molar-refractivity contribution < 1.29 is 5.11 Å². The number of rotatable bonds is 2. The van der Waals surface area contributed by atoms with E-state index < -0.39 is 0 Å². The van der Waals surface area contributed by atoms with E-state index in [1.54, 1.807) is 3.71 Å². The van der Waals surface area contributed by atoms with Crippen LogP contribution in [-0.4, -0.2) is 8.82 Å². The molecular formula is C18H26N2OS3. The van der Waals surface area contributed by atoms with Gasteiger partial charge in [-0.25, -0.2) is 0 Å². The number of benzene rings is 1. The lowest BCUT2D eigenvalue weighted by Gasteiger charge is -2.29. The molecule has 0 aliphatic carbocycles. The molecule has 6 heteroatoms. The first kappa shape index (κ1) is 19.5. The second-order valence-corrected chi connectivity index (χ2v) is 10.2. The van der Waals surface area contributed by atoms with Gasteiger partial charge in [0.2, 0.25) is 0 Å². The Morgan fingerprint density at radius 1 is 1.04 bits per heavy atom. The fourth-order valence-corrected chi connectivity index (χ4v) is 4.09. The molecule has 1 aromatic rings. The van der Waals surface area contributed by atoms with Gasteiger partial charge < -0.3 is 10.4 Å². The Morgan fingerprint density at radius 2 is 1.54 bits per heavy atom. The van der Waals surface area contributed by atoms with Crippen LogP contribution in [0.4, 0.5) is 5.69 Å². The highest BCUT2D eigenvalue weighted by Crippen LogP contribution is 2.42. The molecule has 0 amide bonds. The van der Waals surface area contributed by atoms with Crippen molar-refractivity contribution in [3.63, 3.8) is 0 Å². The average molecular weight is 383 g/mol. The summed E-state index contributed by atoms with van der Waals surface area (Å²) in [6.45, 7) is 12.6. The SMILES string of the molecule is CC(C)(C)c1cc(NC2=CC(S)=CN(S)S2)cc(C(C)(C)C)c1O. The number of nitrogens with zero attached hydrogens (tertiary/aromatic N) is 1. The van der Waals surface area contributed by atoms with Crippen molar-refractivity contribution in [1.82, 2.24) is 3.71 Å². The van der Waals surface area contributed by atoms with Crippen LogP contribution in [0.15, 0.2) is 34.3 Å². The Balaban J connectivity index is 2.49. The topological polar surface area (TPSA) is 35.5 Å². The van der Waals surface area contributed by atoms with Gasteiger partial charge in [-0.05, 0) is 29.0 Å². The van der Waals surface area contributed by atoms with Gasteiger partial charge in [0.05, 0.1) is 5.03 Å². The molecule has 0 radical (unpaired) electrons. The lowest BCUT2D eigenvalue weighted by Crippen LogP contribution is -2.18. The van der Waals surface area contributed by atoms with Gasteiger partial charge in [-0.3, -0.25) is 3.71 Å². The van der Waals surface area contributed by atoms with Gasteiger partial charge in [0.15, 0.2) is 0 Å². The molecule has 0 spiro atoms. The van der Waals surface area contributed by atoms with Crippen molar-refractivity contribution in [2.45, 2.75) is 52.4 Å². The summed E-state index contributed by atoms with van der Waals surface area (Å²) >= 11 is 10.2. The predicted molar refractivity (Wildman–Crippen MR) is 113 cm³/mol. The standard InChI is InChI=1S/C18H26N2OS3/c1-17(2,3)13-7-11(8-14(16(13)21)18(4,5)6)19-15-9-12(22)10-20(23)24-15/h7-10,19,21-23H,1-6H3. The number of aromatic hydroxyl groups is 1. The molecule has 0 bridgehead atoms. The third kappa shape index (κ3) is 4.61. The number of phenolic OH excluding ortho intramolecular Hbond substituents is 1. The van der Waals surface area contributed by atoms with E-state index in [1.165, 1.54) is 11.9 Å². The maximum Gasteiger partial charge on any atom is 0.123 e. The van der Waals surface area contributed by atoms with E-state index in [9.17, 15) is 5.11 Å². The fourth-order valence-electron chi connectivity index (χ4n) is 2.49. The van der Waals surface area contributed by atoms with Gasteiger partial charge in [0.25, 0.3) is 0 Å². The number of allylic oxidation sites excluding steroid dienone is 1. The summed E-state index contributed by atoms with van der Waals surface area (Å²) in [5.41, 5.74) is 2.51. The normalized spacial score (nSPS) is 15.9. The van der Waals surface area contributed by atoms with Crippen LogP contribution in [0.2, 0.25) is 0 Å². The van der Waals surface area contributed by atoms with E-state index in [-0.39, 0.29) is 10.8 Å². The largest absolute Gasteiger partial charge is 0.507 e. The van der Waals surface area contributed by atoms with Crippen LogP contribution >= 0.6 is 37.4 Å². The molecule has 2 N–H and O–H groups in total. The number of thiol groups is 2. The van der Waals surface area contributed by atoms with Crippen molar-refractivity contribution >= 4 is 43.1 Å². The van der Waals surface area contributed by atoms with Crippen LogP contribution in [0, 0.1) is 0 Å². The minimum absolute atomic E-state index is 0.153. The third-order valence-electron chi connectivity index (χ3n) is 3.71. The smallest absolute Gasteiger partial charge is 0.123 e. The third-order valence-corrected chi connectivity index (χ3v) is 5.02. The quantitative estimate of drug-likeness (QED) is 0.295. The molecule has 1 aliphatic heterocycles. The first-order chi connectivity index (χ1) is 10.9. The number of anilines is 1. The predicted octanol–water partition coefficient (Wildman–Crippen LogP) is 5.82. The van der Waals surface area contributed by atoms with E-state index in [1.807, 2.05) is 24.4 Å². The zero-order valence-corrected chi connectivity index (χ0v) is 17.6. The van der Waals surface area contributed by atoms with Crippen LogP contribution in [0.25, 0.3) is 0 Å². The lowest BCUT2D eigenvalue weighted by atomic mass is 9.79. The lowest BCUT2D eigenvalue weighted by molar-refractivity contribution is 0.423. The minimum atomic E-state index is -0.153. The van der Waals surface area contributed by atoms with Crippen LogP contribution < -0.4 is 5.32 Å². The molecule has 3 nitrogen and oxygen atoms in total. The summed E-state index contributed by atoms with van der Waals surface area (Å²) in [5, 5.41) is 15.1. The van der Waals surface area contributed by atoms with Gasteiger partial charge in [0, 0.05) is 39.9 Å². The molecule has 0 fully saturated rings. The highest BCUT2D eigenvalue weighted by Gasteiger charge is 2.26. The zero-order chi connectivity index (χ0) is 18.3. The van der Waals surface area contributed by atoms with Crippen molar-refractivity contribution in [3.8, 4) is 5.75 Å². The monoisotopic (exact) mass is 382 g/mol. The second kappa shape index (κ2) is 6.81. The molecular weight excluding hydrogens is 356 g/mol. The fraction of sp³-hybridized carbons (Fsp3) is 0.444.